The molecule has 0 atom stereocenters. The van der Waals surface area contributed by atoms with E-state index in [0.717, 1.165) is 12.0 Å². The minimum absolute atomic E-state index is 0.00736. The highest BCUT2D eigenvalue weighted by atomic mass is 16.2. The summed E-state index contributed by atoms with van der Waals surface area (Å²) in [7, 11) is 3.43. The highest BCUT2D eigenvalue weighted by molar-refractivity contribution is 5.98. The van der Waals surface area contributed by atoms with Gasteiger partial charge in [0.2, 0.25) is 5.91 Å². The van der Waals surface area contributed by atoms with E-state index in [1.54, 1.807) is 31.1 Å². The van der Waals surface area contributed by atoms with E-state index in [1.807, 2.05) is 43.3 Å². The normalized spacial score (nSPS) is 10.8. The Hall–Kier alpha value is -2.95. The lowest BCUT2D eigenvalue weighted by atomic mass is 9.99. The molecule has 0 saturated heterocycles. The number of rotatable bonds is 10. The predicted molar refractivity (Wildman–Crippen MR) is 124 cm³/mol. The van der Waals surface area contributed by atoms with E-state index in [2.05, 4.69) is 13.8 Å². The van der Waals surface area contributed by atoms with Crippen molar-refractivity contribution >= 4 is 17.6 Å². The summed E-state index contributed by atoms with van der Waals surface area (Å²) in [5.41, 5.74) is 3.45. The molecule has 2 aromatic carbocycles. The minimum atomic E-state index is -0.0503. The molecular formula is C26H34N2O3. The Morgan fingerprint density at radius 3 is 1.87 bits per heavy atom. The molecule has 0 radical (unpaired) electrons. The molecule has 0 N–H and O–H groups in total. The highest BCUT2D eigenvalue weighted by Gasteiger charge is 2.16. The third-order valence-electron chi connectivity index (χ3n) is 5.20. The molecule has 0 spiro atoms. The van der Waals surface area contributed by atoms with Crippen LogP contribution in [0.1, 0.15) is 65.5 Å². The number of hydrogen-bond donors (Lipinski definition) is 0. The molecule has 5 heteroatoms. The van der Waals surface area contributed by atoms with Crippen molar-refractivity contribution in [1.82, 2.24) is 9.80 Å². The summed E-state index contributed by atoms with van der Waals surface area (Å²) >= 11 is 0. The van der Waals surface area contributed by atoms with Gasteiger partial charge in [-0.3, -0.25) is 14.4 Å². The van der Waals surface area contributed by atoms with Crippen molar-refractivity contribution < 1.29 is 14.4 Å². The first kappa shape index (κ1) is 24.3. The van der Waals surface area contributed by atoms with Crippen LogP contribution in [0.5, 0.6) is 0 Å². The van der Waals surface area contributed by atoms with Gasteiger partial charge in [-0.1, -0.05) is 50.2 Å². The third kappa shape index (κ3) is 7.35. The molecule has 0 bridgehead atoms. The lowest BCUT2D eigenvalue weighted by molar-refractivity contribution is -0.131. The lowest BCUT2D eigenvalue weighted by Gasteiger charge is -2.21. The highest BCUT2D eigenvalue weighted by Crippen LogP contribution is 2.14. The molecule has 2 rings (SSSR count). The van der Waals surface area contributed by atoms with Crippen LogP contribution in [0.4, 0.5) is 0 Å². The smallest absolute Gasteiger partial charge is 0.253 e. The van der Waals surface area contributed by atoms with E-state index in [0.29, 0.717) is 30.1 Å². The van der Waals surface area contributed by atoms with Crippen LogP contribution >= 0.6 is 0 Å². The van der Waals surface area contributed by atoms with Gasteiger partial charge in [-0.25, -0.2) is 0 Å². The fraction of sp³-hybridized carbons (Fsp3) is 0.423. The Bertz CT molecular complexity index is 884. The van der Waals surface area contributed by atoms with E-state index in [9.17, 15) is 14.4 Å². The Labute approximate surface area is 186 Å². The molecule has 0 saturated carbocycles. The van der Waals surface area contributed by atoms with Gasteiger partial charge in [0, 0.05) is 51.2 Å². The van der Waals surface area contributed by atoms with Gasteiger partial charge in [-0.2, -0.15) is 0 Å². The summed E-state index contributed by atoms with van der Waals surface area (Å²) in [5, 5.41) is 0. The van der Waals surface area contributed by atoms with Gasteiger partial charge in [-0.05, 0) is 42.5 Å². The SMILES string of the molecule is CCN(Cc1ccc(C(=O)N(C)C)cc1)C(=O)CCC(=O)c1ccc(CC(C)C)cc1. The van der Waals surface area contributed by atoms with Crippen LogP contribution in [0.2, 0.25) is 0 Å². The number of ketones is 1. The zero-order valence-electron chi connectivity index (χ0n) is 19.4. The second-order valence-corrected chi connectivity index (χ2v) is 8.52. The number of carbonyl (C=O) groups excluding carboxylic acids is 3. The molecule has 0 unspecified atom stereocenters. The maximum atomic E-state index is 12.7. The lowest BCUT2D eigenvalue weighted by Crippen LogP contribution is -2.30. The monoisotopic (exact) mass is 422 g/mol. The van der Waals surface area contributed by atoms with E-state index in [1.165, 1.54) is 10.5 Å². The average Bonchev–Trinajstić information content (AvgIpc) is 2.75. The molecule has 0 aliphatic heterocycles. The summed E-state index contributed by atoms with van der Waals surface area (Å²) in [6, 6.07) is 15.0. The second-order valence-electron chi connectivity index (χ2n) is 8.52. The topological polar surface area (TPSA) is 57.7 Å². The van der Waals surface area contributed by atoms with Crippen molar-refractivity contribution in [3.05, 3.63) is 70.8 Å². The van der Waals surface area contributed by atoms with Crippen LogP contribution in [0.25, 0.3) is 0 Å². The van der Waals surface area contributed by atoms with Crippen LogP contribution in [0.15, 0.2) is 48.5 Å². The van der Waals surface area contributed by atoms with E-state index < -0.39 is 0 Å². The number of amides is 2. The second kappa shape index (κ2) is 11.4. The third-order valence-corrected chi connectivity index (χ3v) is 5.20. The Morgan fingerprint density at radius 2 is 1.35 bits per heavy atom. The summed E-state index contributed by atoms with van der Waals surface area (Å²) < 4.78 is 0. The van der Waals surface area contributed by atoms with Crippen molar-refractivity contribution in [3.8, 4) is 0 Å². The van der Waals surface area contributed by atoms with Crippen LogP contribution < -0.4 is 0 Å². The van der Waals surface area contributed by atoms with Crippen LogP contribution in [0, 0.1) is 5.92 Å². The molecule has 0 aliphatic rings. The van der Waals surface area contributed by atoms with Crippen molar-refractivity contribution in [1.29, 1.82) is 0 Å². The van der Waals surface area contributed by atoms with Crippen molar-refractivity contribution in [2.24, 2.45) is 5.92 Å². The number of benzene rings is 2. The molecule has 0 heterocycles. The van der Waals surface area contributed by atoms with E-state index >= 15 is 0 Å². The minimum Gasteiger partial charge on any atom is -0.345 e. The fourth-order valence-corrected chi connectivity index (χ4v) is 3.43. The van der Waals surface area contributed by atoms with Crippen molar-refractivity contribution in [2.45, 2.75) is 46.6 Å². The molecule has 2 amide bonds. The summed E-state index contributed by atoms with van der Waals surface area (Å²) in [4.78, 5) is 40.4. The van der Waals surface area contributed by atoms with Crippen molar-refractivity contribution in [2.75, 3.05) is 20.6 Å². The molecule has 31 heavy (non-hydrogen) atoms. The molecule has 5 nitrogen and oxygen atoms in total. The number of Topliss-reactive ketones (excluding diaryl/α,β-unsaturated/α-hetero) is 1. The zero-order valence-corrected chi connectivity index (χ0v) is 19.4. The summed E-state index contributed by atoms with van der Waals surface area (Å²) in [6.07, 6.45) is 1.38. The van der Waals surface area contributed by atoms with Gasteiger partial charge in [0.1, 0.15) is 0 Å². The Balaban J connectivity index is 1.91. The van der Waals surface area contributed by atoms with Gasteiger partial charge in [-0.15, -0.1) is 0 Å². The average molecular weight is 423 g/mol. The Kier molecular flexibility index (Phi) is 8.98. The predicted octanol–water partition coefficient (Wildman–Crippen LogP) is 4.60. The van der Waals surface area contributed by atoms with Crippen LogP contribution in [0.3, 0.4) is 0 Å². The van der Waals surface area contributed by atoms with Crippen LogP contribution in [-0.4, -0.2) is 48.0 Å². The number of carbonyl (C=O) groups is 3. The molecule has 0 fully saturated rings. The van der Waals surface area contributed by atoms with Crippen LogP contribution in [-0.2, 0) is 17.8 Å². The largest absolute Gasteiger partial charge is 0.345 e. The quantitative estimate of drug-likeness (QED) is 0.526. The molecule has 0 aliphatic carbocycles. The molecule has 166 valence electrons. The maximum absolute atomic E-state index is 12.7. The van der Waals surface area contributed by atoms with Crippen molar-refractivity contribution in [3.63, 3.8) is 0 Å². The molecule has 2 aromatic rings. The maximum Gasteiger partial charge on any atom is 0.253 e. The molecule has 0 aromatic heterocycles. The number of nitrogens with zero attached hydrogens (tertiary/aromatic N) is 2. The van der Waals surface area contributed by atoms with Gasteiger partial charge in [0.15, 0.2) is 5.78 Å². The number of hydrogen-bond acceptors (Lipinski definition) is 3. The summed E-state index contributed by atoms with van der Waals surface area (Å²) in [6.45, 7) is 7.29. The summed E-state index contributed by atoms with van der Waals surface area (Å²) in [5.74, 6) is 0.474. The zero-order chi connectivity index (χ0) is 23.0. The standard InChI is InChI=1S/C26H34N2O3/c1-6-28(18-21-9-13-23(14-10-21)26(31)27(4)5)25(30)16-15-24(29)22-11-7-20(8-12-22)17-19(2)3/h7-14,19H,6,15-18H2,1-5H3. The first-order valence-electron chi connectivity index (χ1n) is 10.9. The Morgan fingerprint density at radius 1 is 0.806 bits per heavy atom. The van der Waals surface area contributed by atoms with Gasteiger partial charge in [0.05, 0.1) is 0 Å². The first-order chi connectivity index (χ1) is 14.7. The first-order valence-corrected chi connectivity index (χ1v) is 10.9. The fourth-order valence-electron chi connectivity index (χ4n) is 3.43. The van der Waals surface area contributed by atoms with E-state index in [4.69, 9.17) is 0 Å². The molecular weight excluding hydrogens is 388 g/mol. The van der Waals surface area contributed by atoms with Gasteiger partial charge in [0.25, 0.3) is 5.91 Å². The van der Waals surface area contributed by atoms with Gasteiger partial charge < -0.3 is 9.80 Å². The van der Waals surface area contributed by atoms with E-state index in [-0.39, 0.29) is 30.4 Å². The van der Waals surface area contributed by atoms with Gasteiger partial charge >= 0.3 is 0 Å².